The van der Waals surface area contributed by atoms with Crippen LogP contribution in [0, 0.1) is 10.1 Å². The van der Waals surface area contributed by atoms with Crippen molar-refractivity contribution in [3.8, 4) is 0 Å². The van der Waals surface area contributed by atoms with Crippen molar-refractivity contribution >= 4 is 5.82 Å². The molecule has 1 heterocycles. The number of H-pyrrole nitrogens is 1. The van der Waals surface area contributed by atoms with Gasteiger partial charge in [0.1, 0.15) is 0 Å². The van der Waals surface area contributed by atoms with Crippen molar-refractivity contribution in [2.24, 2.45) is 0 Å². The fourth-order valence-electron chi connectivity index (χ4n) is 0.624. The maximum Gasteiger partial charge on any atom is 0.389 e. The van der Waals surface area contributed by atoms with Crippen LogP contribution in [0.15, 0.2) is 6.07 Å². The second-order valence-electron chi connectivity index (χ2n) is 1.86. The molecular formula is C5H7N3O2. The Kier molecular flexibility index (Phi) is 1.66. The molecule has 5 heteroatoms. The Morgan fingerprint density at radius 2 is 2.60 bits per heavy atom. The molecule has 0 atom stereocenters. The summed E-state index contributed by atoms with van der Waals surface area (Å²) in [4.78, 5) is 9.54. The highest BCUT2D eigenvalue weighted by Crippen LogP contribution is 2.07. The Labute approximate surface area is 57.2 Å². The van der Waals surface area contributed by atoms with E-state index in [-0.39, 0.29) is 5.82 Å². The third kappa shape index (κ3) is 1.12. The van der Waals surface area contributed by atoms with Gasteiger partial charge in [-0.3, -0.25) is 0 Å². The van der Waals surface area contributed by atoms with E-state index < -0.39 is 4.92 Å². The Morgan fingerprint density at radius 1 is 1.90 bits per heavy atom. The summed E-state index contributed by atoms with van der Waals surface area (Å²) in [6, 6.07) is 1.43. The van der Waals surface area contributed by atoms with Gasteiger partial charge in [-0.15, -0.1) is 0 Å². The number of hydrogen-bond acceptors (Lipinski definition) is 3. The zero-order valence-electron chi connectivity index (χ0n) is 5.50. The summed E-state index contributed by atoms with van der Waals surface area (Å²) in [5.41, 5.74) is 0.784. The topological polar surface area (TPSA) is 71.8 Å². The Bertz CT molecular complexity index is 243. The van der Waals surface area contributed by atoms with Gasteiger partial charge in [0.05, 0.1) is 16.9 Å². The predicted molar refractivity (Wildman–Crippen MR) is 34.6 cm³/mol. The molecule has 10 heavy (non-hydrogen) atoms. The van der Waals surface area contributed by atoms with Gasteiger partial charge >= 0.3 is 5.82 Å². The lowest BCUT2D eigenvalue weighted by atomic mass is 10.3. The molecule has 0 amide bonds. The molecule has 0 aliphatic carbocycles. The highest BCUT2D eigenvalue weighted by molar-refractivity contribution is 5.20. The quantitative estimate of drug-likeness (QED) is 0.490. The fourth-order valence-corrected chi connectivity index (χ4v) is 0.624. The average molecular weight is 141 g/mol. The number of hydrogen-bond donors (Lipinski definition) is 1. The SMILES string of the molecule is CCc1cc([N+](=O)[O-])n[nH]1. The molecule has 0 spiro atoms. The third-order valence-corrected chi connectivity index (χ3v) is 1.19. The van der Waals surface area contributed by atoms with E-state index in [2.05, 4.69) is 10.2 Å². The summed E-state index contributed by atoms with van der Waals surface area (Å²) in [6.07, 6.45) is 0.737. The minimum absolute atomic E-state index is 0.114. The molecule has 0 bridgehead atoms. The molecule has 0 saturated heterocycles. The van der Waals surface area contributed by atoms with Crippen LogP contribution in [0.1, 0.15) is 12.6 Å². The number of nitro groups is 1. The lowest BCUT2D eigenvalue weighted by Gasteiger charge is -1.81. The molecule has 0 aromatic carbocycles. The molecule has 0 aliphatic heterocycles. The van der Waals surface area contributed by atoms with Crippen molar-refractivity contribution < 1.29 is 4.92 Å². The van der Waals surface area contributed by atoms with Gasteiger partial charge in [-0.05, 0) is 11.3 Å². The monoisotopic (exact) mass is 141 g/mol. The van der Waals surface area contributed by atoms with Crippen LogP contribution in [0.2, 0.25) is 0 Å². The van der Waals surface area contributed by atoms with Crippen molar-refractivity contribution in [3.63, 3.8) is 0 Å². The van der Waals surface area contributed by atoms with Crippen LogP contribution in [-0.4, -0.2) is 15.1 Å². The van der Waals surface area contributed by atoms with Crippen molar-refractivity contribution in [2.45, 2.75) is 13.3 Å². The largest absolute Gasteiger partial charge is 0.389 e. The maximum absolute atomic E-state index is 10.1. The van der Waals surface area contributed by atoms with Gasteiger partial charge in [-0.25, -0.2) is 0 Å². The van der Waals surface area contributed by atoms with Gasteiger partial charge in [-0.1, -0.05) is 6.92 Å². The van der Waals surface area contributed by atoms with E-state index in [1.807, 2.05) is 6.92 Å². The first-order valence-corrected chi connectivity index (χ1v) is 2.92. The van der Waals surface area contributed by atoms with Gasteiger partial charge in [0, 0.05) is 0 Å². The second-order valence-corrected chi connectivity index (χ2v) is 1.86. The van der Waals surface area contributed by atoms with Crippen LogP contribution in [-0.2, 0) is 6.42 Å². The van der Waals surface area contributed by atoms with E-state index in [9.17, 15) is 10.1 Å². The summed E-state index contributed by atoms with van der Waals surface area (Å²) >= 11 is 0. The van der Waals surface area contributed by atoms with Gasteiger partial charge < -0.3 is 10.1 Å². The Hall–Kier alpha value is -1.39. The number of nitrogens with one attached hydrogen (secondary N) is 1. The maximum atomic E-state index is 10.1. The average Bonchev–Trinajstić information content (AvgIpc) is 2.34. The normalized spacial score (nSPS) is 9.70. The third-order valence-electron chi connectivity index (χ3n) is 1.19. The molecule has 1 aromatic heterocycles. The minimum atomic E-state index is -0.518. The van der Waals surface area contributed by atoms with Crippen LogP contribution in [0.5, 0.6) is 0 Å². The number of nitrogens with zero attached hydrogens (tertiary/aromatic N) is 2. The predicted octanol–water partition coefficient (Wildman–Crippen LogP) is 0.880. The number of aromatic nitrogens is 2. The van der Waals surface area contributed by atoms with Crippen LogP contribution in [0.25, 0.3) is 0 Å². The van der Waals surface area contributed by atoms with Gasteiger partial charge in [0.2, 0.25) is 0 Å². The van der Waals surface area contributed by atoms with Crippen LogP contribution < -0.4 is 0 Å². The number of rotatable bonds is 2. The van der Waals surface area contributed by atoms with Crippen molar-refractivity contribution in [3.05, 3.63) is 21.9 Å². The zero-order valence-corrected chi connectivity index (χ0v) is 5.50. The van der Waals surface area contributed by atoms with E-state index in [0.29, 0.717) is 0 Å². The lowest BCUT2D eigenvalue weighted by molar-refractivity contribution is -0.389. The first-order chi connectivity index (χ1) is 4.74. The molecule has 0 fully saturated rings. The summed E-state index contributed by atoms with van der Waals surface area (Å²) in [6.45, 7) is 1.90. The van der Waals surface area contributed by atoms with Crippen LogP contribution >= 0.6 is 0 Å². The van der Waals surface area contributed by atoms with Crippen molar-refractivity contribution in [2.75, 3.05) is 0 Å². The van der Waals surface area contributed by atoms with E-state index >= 15 is 0 Å². The molecule has 54 valence electrons. The summed E-state index contributed by atoms with van der Waals surface area (Å²) in [5.74, 6) is -0.114. The van der Waals surface area contributed by atoms with Gasteiger partial charge in [-0.2, -0.15) is 5.10 Å². The summed E-state index contributed by atoms with van der Waals surface area (Å²) in [5, 5.41) is 16.1. The standard InChI is InChI=1S/C5H7N3O2/c1-2-4-3-5(7-6-4)8(9)10/h3H,2H2,1H3,(H,6,7). The number of aromatic amines is 1. The summed E-state index contributed by atoms with van der Waals surface area (Å²) < 4.78 is 0. The van der Waals surface area contributed by atoms with E-state index in [4.69, 9.17) is 0 Å². The highest BCUT2D eigenvalue weighted by Gasteiger charge is 2.09. The minimum Gasteiger partial charge on any atom is -0.358 e. The molecule has 0 aliphatic rings. The highest BCUT2D eigenvalue weighted by atomic mass is 16.6. The molecule has 0 radical (unpaired) electrons. The second kappa shape index (κ2) is 2.47. The first kappa shape index (κ1) is 6.73. The molecule has 1 aromatic rings. The fraction of sp³-hybridized carbons (Fsp3) is 0.400. The van der Waals surface area contributed by atoms with Crippen LogP contribution in [0.3, 0.4) is 0 Å². The molecule has 1 rings (SSSR count). The van der Waals surface area contributed by atoms with Crippen molar-refractivity contribution in [1.29, 1.82) is 0 Å². The number of aryl methyl sites for hydroxylation is 1. The Balaban J connectivity index is 2.88. The molecule has 1 N–H and O–H groups in total. The zero-order chi connectivity index (χ0) is 7.56. The molecule has 0 unspecified atom stereocenters. The van der Waals surface area contributed by atoms with Crippen molar-refractivity contribution in [1.82, 2.24) is 10.2 Å². The van der Waals surface area contributed by atoms with E-state index in [1.165, 1.54) is 6.07 Å². The Morgan fingerprint density at radius 3 is 2.90 bits per heavy atom. The van der Waals surface area contributed by atoms with E-state index in [0.717, 1.165) is 12.1 Å². The lowest BCUT2D eigenvalue weighted by Crippen LogP contribution is -1.86. The molecular weight excluding hydrogens is 134 g/mol. The van der Waals surface area contributed by atoms with Gasteiger partial charge in [0.25, 0.3) is 0 Å². The first-order valence-electron chi connectivity index (χ1n) is 2.92. The van der Waals surface area contributed by atoms with E-state index in [1.54, 1.807) is 0 Å². The summed E-state index contributed by atoms with van der Waals surface area (Å²) in [7, 11) is 0. The van der Waals surface area contributed by atoms with Crippen LogP contribution in [0.4, 0.5) is 5.82 Å². The smallest absolute Gasteiger partial charge is 0.358 e. The molecule has 0 saturated carbocycles. The van der Waals surface area contributed by atoms with Gasteiger partial charge in [0.15, 0.2) is 0 Å². The molecule has 5 nitrogen and oxygen atoms in total.